The Morgan fingerprint density at radius 3 is 1.91 bits per heavy atom. The van der Waals surface area contributed by atoms with E-state index in [0.717, 1.165) is 0 Å². The number of benzene rings is 1. The predicted octanol–water partition coefficient (Wildman–Crippen LogP) is 4.08. The van der Waals surface area contributed by atoms with Crippen LogP contribution in [0.2, 0.25) is 0 Å². The number of rotatable bonds is 4. The van der Waals surface area contributed by atoms with E-state index in [2.05, 4.69) is 5.32 Å². The summed E-state index contributed by atoms with van der Waals surface area (Å²) in [6, 6.07) is -0.393. The molecule has 1 N–H and O–H groups in total. The third kappa shape index (κ3) is 5.21. The molecule has 8 heteroatoms. The molecule has 0 radical (unpaired) electrons. The molecule has 1 heterocycles. The van der Waals surface area contributed by atoms with Crippen molar-refractivity contribution in [1.29, 1.82) is 0 Å². The second-order valence-corrected chi connectivity index (χ2v) is 5.81. The number of nitrogens with one attached hydrogen (secondary N) is 1. The Labute approximate surface area is 146 Å². The first-order valence-corrected chi connectivity index (χ1v) is 7.19. The fourth-order valence-corrected chi connectivity index (χ4v) is 2.77. The first kappa shape index (κ1) is 22.4. The smallest absolute Gasteiger partial charge is 0.166 e. The van der Waals surface area contributed by atoms with Crippen LogP contribution in [0.25, 0.3) is 0 Å². The van der Waals surface area contributed by atoms with Crippen LogP contribution in [0.15, 0.2) is 6.07 Å². The van der Waals surface area contributed by atoms with Crippen molar-refractivity contribution in [3.63, 3.8) is 0 Å². The van der Waals surface area contributed by atoms with Gasteiger partial charge < -0.3 is 5.32 Å². The summed E-state index contributed by atoms with van der Waals surface area (Å²) in [6.45, 7) is 6.40. The molecule has 2 nitrogen and oxygen atoms in total. The van der Waals surface area contributed by atoms with E-state index in [-0.39, 0.29) is 36.8 Å². The molecule has 0 aliphatic carbocycles. The summed E-state index contributed by atoms with van der Waals surface area (Å²) < 4.78 is 55.1. The zero-order chi connectivity index (χ0) is 15.6. The molecule has 134 valence electrons. The Kier molecular flexibility index (Phi) is 9.43. The summed E-state index contributed by atoms with van der Waals surface area (Å²) in [5, 5.41) is 3.15. The Bertz CT molecular complexity index is 482. The maximum absolute atomic E-state index is 14.1. The standard InChI is InChI=1S/C15H20F4N2.2ClH/c1-9(2)7-12(21-5-3-20-4-6-21)13-14(18)10(16)8-11(17)15(13)19;;/h8-9,12,20H,3-7H2,1-2H3;2*1H/t12-;;/m1../s1. The molecule has 1 atom stereocenters. The van der Waals surface area contributed by atoms with E-state index < -0.39 is 34.9 Å². The second kappa shape index (κ2) is 9.67. The van der Waals surface area contributed by atoms with Crippen molar-refractivity contribution in [1.82, 2.24) is 10.2 Å². The molecular formula is C15H22Cl2F4N2. The van der Waals surface area contributed by atoms with Crippen LogP contribution in [0.1, 0.15) is 31.9 Å². The number of hydrogen-bond acceptors (Lipinski definition) is 2. The highest BCUT2D eigenvalue weighted by atomic mass is 35.5. The molecule has 0 unspecified atom stereocenters. The van der Waals surface area contributed by atoms with Crippen LogP contribution in [0.5, 0.6) is 0 Å². The third-order valence-corrected chi connectivity index (χ3v) is 3.77. The lowest BCUT2D eigenvalue weighted by Crippen LogP contribution is -2.46. The minimum atomic E-state index is -1.34. The number of piperazine rings is 1. The summed E-state index contributed by atoms with van der Waals surface area (Å²) in [7, 11) is 0. The van der Waals surface area contributed by atoms with Gasteiger partial charge in [-0.3, -0.25) is 4.90 Å². The summed E-state index contributed by atoms with van der Waals surface area (Å²) in [5.41, 5.74) is -0.483. The molecule has 1 aromatic rings. The van der Waals surface area contributed by atoms with Crippen LogP contribution in [0, 0.1) is 29.2 Å². The summed E-state index contributed by atoms with van der Waals surface area (Å²) >= 11 is 0. The molecule has 1 aliphatic rings. The fourth-order valence-electron chi connectivity index (χ4n) is 2.77. The molecule has 1 fully saturated rings. The summed E-state index contributed by atoms with van der Waals surface area (Å²) in [4.78, 5) is 1.89. The van der Waals surface area contributed by atoms with Crippen LogP contribution < -0.4 is 5.32 Å². The number of hydrogen-bond donors (Lipinski definition) is 1. The minimum Gasteiger partial charge on any atom is -0.314 e. The van der Waals surface area contributed by atoms with Gasteiger partial charge in [-0.25, -0.2) is 17.6 Å². The van der Waals surface area contributed by atoms with Crippen LogP contribution in [0.3, 0.4) is 0 Å². The predicted molar refractivity (Wildman–Crippen MR) is 87.4 cm³/mol. The van der Waals surface area contributed by atoms with Crippen molar-refractivity contribution in [3.8, 4) is 0 Å². The molecular weight excluding hydrogens is 355 g/mol. The average molecular weight is 377 g/mol. The van der Waals surface area contributed by atoms with Gasteiger partial charge in [0.05, 0.1) is 0 Å². The maximum atomic E-state index is 14.1. The first-order valence-electron chi connectivity index (χ1n) is 7.19. The van der Waals surface area contributed by atoms with Gasteiger partial charge in [0.25, 0.3) is 0 Å². The van der Waals surface area contributed by atoms with Gasteiger partial charge in [0.2, 0.25) is 0 Å². The maximum Gasteiger partial charge on any atom is 0.166 e. The normalized spacial score (nSPS) is 16.7. The topological polar surface area (TPSA) is 15.3 Å². The van der Waals surface area contributed by atoms with Gasteiger partial charge in [0.15, 0.2) is 23.3 Å². The van der Waals surface area contributed by atoms with Crippen molar-refractivity contribution in [3.05, 3.63) is 34.9 Å². The van der Waals surface area contributed by atoms with E-state index in [9.17, 15) is 17.6 Å². The van der Waals surface area contributed by atoms with Crippen molar-refractivity contribution in [2.24, 2.45) is 5.92 Å². The zero-order valence-electron chi connectivity index (χ0n) is 13.0. The Morgan fingerprint density at radius 2 is 1.48 bits per heavy atom. The van der Waals surface area contributed by atoms with Gasteiger partial charge >= 0.3 is 0 Å². The van der Waals surface area contributed by atoms with E-state index in [1.807, 2.05) is 18.7 Å². The SMILES string of the molecule is CC(C)C[C@H](c1c(F)c(F)cc(F)c1F)N1CCNCC1.Cl.Cl. The molecule has 2 rings (SSSR count). The van der Waals surface area contributed by atoms with Crippen molar-refractivity contribution in [2.45, 2.75) is 26.3 Å². The van der Waals surface area contributed by atoms with Crippen LogP contribution in [-0.2, 0) is 0 Å². The van der Waals surface area contributed by atoms with E-state index >= 15 is 0 Å². The third-order valence-electron chi connectivity index (χ3n) is 3.77. The number of nitrogens with zero attached hydrogens (tertiary/aromatic N) is 1. The first-order chi connectivity index (χ1) is 9.91. The van der Waals surface area contributed by atoms with Gasteiger partial charge in [-0.2, -0.15) is 0 Å². The highest BCUT2D eigenvalue weighted by molar-refractivity contribution is 5.85. The lowest BCUT2D eigenvalue weighted by molar-refractivity contribution is 0.146. The zero-order valence-corrected chi connectivity index (χ0v) is 14.7. The second-order valence-electron chi connectivity index (χ2n) is 5.81. The molecule has 0 spiro atoms. The quantitative estimate of drug-likeness (QED) is 0.629. The largest absolute Gasteiger partial charge is 0.314 e. The highest BCUT2D eigenvalue weighted by Gasteiger charge is 2.31. The van der Waals surface area contributed by atoms with Gasteiger partial charge in [0, 0.05) is 43.9 Å². The average Bonchev–Trinajstić information content (AvgIpc) is 2.45. The van der Waals surface area contributed by atoms with Gasteiger partial charge in [-0.15, -0.1) is 24.8 Å². The van der Waals surface area contributed by atoms with Crippen molar-refractivity contribution >= 4 is 24.8 Å². The van der Waals surface area contributed by atoms with Gasteiger partial charge in [0.1, 0.15) is 0 Å². The van der Waals surface area contributed by atoms with Crippen LogP contribution in [0.4, 0.5) is 17.6 Å². The Hall–Kier alpha value is -0.560. The van der Waals surface area contributed by atoms with E-state index in [1.54, 1.807) is 0 Å². The monoisotopic (exact) mass is 376 g/mol. The van der Waals surface area contributed by atoms with E-state index in [0.29, 0.717) is 32.6 Å². The highest BCUT2D eigenvalue weighted by Crippen LogP contribution is 2.33. The van der Waals surface area contributed by atoms with Crippen molar-refractivity contribution < 1.29 is 17.6 Å². The fraction of sp³-hybridized carbons (Fsp3) is 0.600. The Morgan fingerprint density at radius 1 is 1.00 bits per heavy atom. The number of halogens is 6. The minimum absolute atomic E-state index is 0. The molecule has 0 bridgehead atoms. The summed E-state index contributed by atoms with van der Waals surface area (Å²) in [6.07, 6.45) is 0.441. The van der Waals surface area contributed by atoms with E-state index in [1.165, 1.54) is 0 Å². The molecule has 1 saturated heterocycles. The van der Waals surface area contributed by atoms with Gasteiger partial charge in [-0.1, -0.05) is 13.8 Å². The van der Waals surface area contributed by atoms with Crippen LogP contribution in [-0.4, -0.2) is 31.1 Å². The molecule has 1 aromatic carbocycles. The molecule has 0 aromatic heterocycles. The Balaban J connectivity index is 0.00000242. The van der Waals surface area contributed by atoms with Crippen molar-refractivity contribution in [2.75, 3.05) is 26.2 Å². The van der Waals surface area contributed by atoms with E-state index in [4.69, 9.17) is 0 Å². The molecule has 0 saturated carbocycles. The molecule has 23 heavy (non-hydrogen) atoms. The molecule has 1 aliphatic heterocycles. The summed E-state index contributed by atoms with van der Waals surface area (Å²) in [5.74, 6) is -5.09. The lowest BCUT2D eigenvalue weighted by Gasteiger charge is -2.36. The molecule has 0 amide bonds. The van der Waals surface area contributed by atoms with Crippen LogP contribution >= 0.6 is 24.8 Å². The van der Waals surface area contributed by atoms with Gasteiger partial charge in [-0.05, 0) is 12.3 Å². The lowest BCUT2D eigenvalue weighted by atomic mass is 9.94.